The van der Waals surface area contributed by atoms with E-state index in [-0.39, 0.29) is 28.4 Å². The number of nitrogens with zero attached hydrogens (tertiary/aromatic N) is 2. The second-order valence-corrected chi connectivity index (χ2v) is 7.36. The molecule has 8 nitrogen and oxygen atoms in total. The molecule has 0 unspecified atom stereocenters. The van der Waals surface area contributed by atoms with Crippen LogP contribution in [0.1, 0.15) is 23.7 Å². The van der Waals surface area contributed by atoms with Gasteiger partial charge < -0.3 is 9.64 Å². The number of hydrogen-bond donors (Lipinski definition) is 1. The lowest BCUT2D eigenvalue weighted by Crippen LogP contribution is -2.38. The molecular formula is C15H18ClN3O5S. The van der Waals surface area contributed by atoms with E-state index in [9.17, 15) is 18.0 Å². The minimum absolute atomic E-state index is 0.00228. The molecule has 0 fully saturated rings. The average molecular weight is 388 g/mol. The summed E-state index contributed by atoms with van der Waals surface area (Å²) in [4.78, 5) is 25.4. The van der Waals surface area contributed by atoms with Crippen molar-refractivity contribution < 1.29 is 22.7 Å². The predicted octanol–water partition coefficient (Wildman–Crippen LogP) is 1.17. The molecule has 136 valence electrons. The summed E-state index contributed by atoms with van der Waals surface area (Å²) in [6.45, 7) is 1.58. The normalized spacial score (nSPS) is 12.1. The van der Waals surface area contributed by atoms with Crippen LogP contribution in [0.3, 0.4) is 0 Å². The molecule has 1 amide bonds. The number of carbonyl (C=O) groups is 2. The SMILES string of the molecule is CNS(=O)(=O)c1ccc(Cl)c(C(=O)O[C@@H](C)C(=O)N(C)CCC#N)c1. The summed E-state index contributed by atoms with van der Waals surface area (Å²) >= 11 is 5.93. The first-order valence-corrected chi connectivity index (χ1v) is 9.06. The van der Waals surface area contributed by atoms with Crippen LogP contribution in [0.15, 0.2) is 23.1 Å². The summed E-state index contributed by atoms with van der Waals surface area (Å²) < 4.78 is 30.8. The number of likely N-dealkylation sites (N-methyl/N-ethyl adjacent to an activating group) is 1. The van der Waals surface area contributed by atoms with Crippen LogP contribution in [0.5, 0.6) is 0 Å². The highest BCUT2D eigenvalue weighted by Crippen LogP contribution is 2.22. The Morgan fingerprint density at radius 1 is 1.44 bits per heavy atom. The molecule has 0 aromatic heterocycles. The Hall–Kier alpha value is -2.15. The number of carbonyl (C=O) groups excluding carboxylic acids is 2. The molecular weight excluding hydrogens is 370 g/mol. The molecule has 1 atom stereocenters. The third-order valence-corrected chi connectivity index (χ3v) is 5.05. The van der Waals surface area contributed by atoms with Crippen molar-refractivity contribution in [2.24, 2.45) is 0 Å². The molecule has 1 rings (SSSR count). The summed E-state index contributed by atoms with van der Waals surface area (Å²) in [5.41, 5.74) is -0.169. The lowest BCUT2D eigenvalue weighted by Gasteiger charge is -2.20. The Bertz CT molecular complexity index is 804. The number of ether oxygens (including phenoxy) is 1. The Kier molecular flexibility index (Phi) is 7.36. The fourth-order valence-electron chi connectivity index (χ4n) is 1.86. The molecule has 10 heteroatoms. The van der Waals surface area contributed by atoms with E-state index in [1.165, 1.54) is 38.1 Å². The number of hydrogen-bond acceptors (Lipinski definition) is 6. The molecule has 0 saturated carbocycles. The molecule has 1 aromatic carbocycles. The van der Waals surface area contributed by atoms with Gasteiger partial charge in [0.1, 0.15) is 0 Å². The van der Waals surface area contributed by atoms with Crippen LogP contribution in [0.4, 0.5) is 0 Å². The monoisotopic (exact) mass is 387 g/mol. The fourth-order valence-corrected chi connectivity index (χ4v) is 2.81. The minimum Gasteiger partial charge on any atom is -0.449 e. The minimum atomic E-state index is -3.76. The standard InChI is InChI=1S/C15H18ClN3O5S/c1-10(14(20)19(3)8-4-7-17)24-15(21)12-9-11(5-6-13(12)16)25(22,23)18-2/h5-6,9-10,18H,4,8H2,1-3H3/t10-/m0/s1. The van der Waals surface area contributed by atoms with Crippen LogP contribution >= 0.6 is 11.6 Å². The van der Waals surface area contributed by atoms with Gasteiger partial charge in [0, 0.05) is 13.6 Å². The van der Waals surface area contributed by atoms with Gasteiger partial charge in [0.25, 0.3) is 5.91 Å². The number of benzene rings is 1. The summed E-state index contributed by atoms with van der Waals surface area (Å²) in [5, 5.41) is 8.53. The first kappa shape index (κ1) is 20.9. The predicted molar refractivity (Wildman–Crippen MR) is 90.4 cm³/mol. The van der Waals surface area contributed by atoms with E-state index >= 15 is 0 Å². The first-order chi connectivity index (χ1) is 11.6. The van der Waals surface area contributed by atoms with Crippen molar-refractivity contribution in [3.05, 3.63) is 28.8 Å². The van der Waals surface area contributed by atoms with Gasteiger partial charge >= 0.3 is 5.97 Å². The van der Waals surface area contributed by atoms with E-state index < -0.39 is 28.0 Å². The number of esters is 1. The molecule has 1 N–H and O–H groups in total. The molecule has 0 saturated heterocycles. The highest BCUT2D eigenvalue weighted by Gasteiger charge is 2.24. The average Bonchev–Trinajstić information content (AvgIpc) is 2.58. The number of halogens is 1. The molecule has 0 aliphatic rings. The summed E-state index contributed by atoms with van der Waals surface area (Å²) in [6, 6.07) is 5.49. The third-order valence-electron chi connectivity index (χ3n) is 3.30. The molecule has 0 radical (unpaired) electrons. The van der Waals surface area contributed by atoms with Crippen molar-refractivity contribution in [2.75, 3.05) is 20.6 Å². The lowest BCUT2D eigenvalue weighted by molar-refractivity contribution is -0.138. The maximum absolute atomic E-state index is 12.2. The zero-order valence-corrected chi connectivity index (χ0v) is 15.5. The molecule has 1 aromatic rings. The highest BCUT2D eigenvalue weighted by atomic mass is 35.5. The van der Waals surface area contributed by atoms with Gasteiger partial charge in [0.15, 0.2) is 6.10 Å². The maximum atomic E-state index is 12.2. The third kappa shape index (κ3) is 5.42. The van der Waals surface area contributed by atoms with Crippen molar-refractivity contribution in [2.45, 2.75) is 24.3 Å². The van der Waals surface area contributed by atoms with Crippen LogP contribution in [0.25, 0.3) is 0 Å². The van der Waals surface area contributed by atoms with Gasteiger partial charge in [-0.2, -0.15) is 5.26 Å². The lowest BCUT2D eigenvalue weighted by atomic mass is 10.2. The quantitative estimate of drug-likeness (QED) is 0.702. The van der Waals surface area contributed by atoms with Crippen molar-refractivity contribution in [1.29, 1.82) is 5.26 Å². The van der Waals surface area contributed by atoms with Crippen molar-refractivity contribution in [3.8, 4) is 6.07 Å². The molecule has 0 aliphatic carbocycles. The van der Waals surface area contributed by atoms with Gasteiger partial charge in [-0.3, -0.25) is 4.79 Å². The second-order valence-electron chi connectivity index (χ2n) is 5.06. The summed E-state index contributed by atoms with van der Waals surface area (Å²) in [6.07, 6.45) is -0.963. The topological polar surface area (TPSA) is 117 Å². The van der Waals surface area contributed by atoms with E-state index in [2.05, 4.69) is 4.72 Å². The first-order valence-electron chi connectivity index (χ1n) is 7.20. The summed E-state index contributed by atoms with van der Waals surface area (Å²) in [5.74, 6) is -1.41. The Morgan fingerprint density at radius 2 is 2.08 bits per heavy atom. The van der Waals surface area contributed by atoms with Gasteiger partial charge in [0.2, 0.25) is 10.0 Å². The number of nitriles is 1. The van der Waals surface area contributed by atoms with E-state index in [4.69, 9.17) is 21.6 Å². The number of amides is 1. The van der Waals surface area contributed by atoms with Crippen LogP contribution in [-0.2, 0) is 19.6 Å². The maximum Gasteiger partial charge on any atom is 0.340 e. The van der Waals surface area contributed by atoms with Gasteiger partial charge in [-0.05, 0) is 32.2 Å². The van der Waals surface area contributed by atoms with Gasteiger partial charge in [-0.15, -0.1) is 0 Å². The van der Waals surface area contributed by atoms with Crippen LogP contribution in [0, 0.1) is 11.3 Å². The van der Waals surface area contributed by atoms with Crippen molar-refractivity contribution >= 4 is 33.5 Å². The highest BCUT2D eigenvalue weighted by molar-refractivity contribution is 7.89. The molecule has 0 heterocycles. The molecule has 0 spiro atoms. The molecule has 25 heavy (non-hydrogen) atoms. The Balaban J connectivity index is 2.96. The van der Waals surface area contributed by atoms with Crippen LogP contribution in [-0.4, -0.2) is 51.9 Å². The summed E-state index contributed by atoms with van der Waals surface area (Å²) in [7, 11) is -1.04. The van der Waals surface area contributed by atoms with E-state index in [1.807, 2.05) is 6.07 Å². The van der Waals surface area contributed by atoms with Crippen LogP contribution in [0.2, 0.25) is 5.02 Å². The second kappa shape index (κ2) is 8.80. The Morgan fingerprint density at radius 3 is 2.64 bits per heavy atom. The fraction of sp³-hybridized carbons (Fsp3) is 0.400. The largest absolute Gasteiger partial charge is 0.449 e. The van der Waals surface area contributed by atoms with Gasteiger partial charge in [-0.1, -0.05) is 11.6 Å². The number of sulfonamides is 1. The van der Waals surface area contributed by atoms with Gasteiger partial charge in [-0.25, -0.2) is 17.9 Å². The van der Waals surface area contributed by atoms with Gasteiger partial charge in [0.05, 0.1) is 28.0 Å². The number of rotatable bonds is 7. The molecule has 0 bridgehead atoms. The number of nitrogens with one attached hydrogen (secondary N) is 1. The van der Waals surface area contributed by atoms with E-state index in [1.54, 1.807) is 0 Å². The zero-order chi connectivity index (χ0) is 19.2. The smallest absolute Gasteiger partial charge is 0.340 e. The van der Waals surface area contributed by atoms with Crippen LogP contribution < -0.4 is 4.72 Å². The van der Waals surface area contributed by atoms with Crippen molar-refractivity contribution in [1.82, 2.24) is 9.62 Å². The van der Waals surface area contributed by atoms with Crippen molar-refractivity contribution in [3.63, 3.8) is 0 Å². The van der Waals surface area contributed by atoms with E-state index in [0.717, 1.165) is 6.07 Å². The zero-order valence-electron chi connectivity index (χ0n) is 13.9. The van der Waals surface area contributed by atoms with E-state index in [0.29, 0.717) is 0 Å². The Labute approximate surface area is 151 Å². The molecule has 0 aliphatic heterocycles.